The van der Waals surface area contributed by atoms with Crippen molar-refractivity contribution in [1.82, 2.24) is 15.2 Å². The third-order valence-corrected chi connectivity index (χ3v) is 6.16. The molecule has 0 unspecified atom stereocenters. The number of aryl methyl sites for hydroxylation is 1. The Morgan fingerprint density at radius 2 is 1.89 bits per heavy atom. The van der Waals surface area contributed by atoms with E-state index in [-0.39, 0.29) is 29.8 Å². The molecule has 1 aromatic carbocycles. The summed E-state index contributed by atoms with van der Waals surface area (Å²) in [6.07, 6.45) is 5.53. The third-order valence-electron chi connectivity index (χ3n) is 5.11. The van der Waals surface area contributed by atoms with Crippen LogP contribution in [0.1, 0.15) is 39.5 Å². The maximum absolute atomic E-state index is 12.4. The van der Waals surface area contributed by atoms with E-state index in [0.29, 0.717) is 5.75 Å². The molecule has 1 saturated carbocycles. The van der Waals surface area contributed by atoms with Gasteiger partial charge in [0.25, 0.3) is 0 Å². The SMILES string of the molecule is CC(C)NC(=O)C1CCC(NC(=O)CSc2cn(C)c3ccccc23)CC1. The van der Waals surface area contributed by atoms with E-state index in [1.807, 2.05) is 33.0 Å². The van der Waals surface area contributed by atoms with Crippen LogP contribution in [0.5, 0.6) is 0 Å². The highest BCUT2D eigenvalue weighted by molar-refractivity contribution is 8.00. The van der Waals surface area contributed by atoms with E-state index in [1.54, 1.807) is 11.8 Å². The van der Waals surface area contributed by atoms with Gasteiger partial charge in [0.2, 0.25) is 11.8 Å². The average molecular weight is 388 g/mol. The molecular formula is C21H29N3O2S. The van der Waals surface area contributed by atoms with E-state index >= 15 is 0 Å². The van der Waals surface area contributed by atoms with Gasteiger partial charge in [-0.25, -0.2) is 0 Å². The van der Waals surface area contributed by atoms with Crippen LogP contribution in [0, 0.1) is 5.92 Å². The zero-order valence-electron chi connectivity index (χ0n) is 16.3. The van der Waals surface area contributed by atoms with Gasteiger partial charge in [-0.1, -0.05) is 18.2 Å². The number of hydrogen-bond acceptors (Lipinski definition) is 3. The fourth-order valence-electron chi connectivity index (χ4n) is 3.73. The number of rotatable bonds is 6. The van der Waals surface area contributed by atoms with Gasteiger partial charge in [0.15, 0.2) is 0 Å². The van der Waals surface area contributed by atoms with Crippen LogP contribution in [0.25, 0.3) is 10.9 Å². The van der Waals surface area contributed by atoms with Gasteiger partial charge in [0.05, 0.1) is 5.75 Å². The van der Waals surface area contributed by atoms with Crippen molar-refractivity contribution in [3.8, 4) is 0 Å². The summed E-state index contributed by atoms with van der Waals surface area (Å²) in [5.74, 6) is 0.733. The zero-order valence-corrected chi connectivity index (χ0v) is 17.1. The molecule has 1 aromatic heterocycles. The Labute approximate surface area is 165 Å². The minimum atomic E-state index is 0.0722. The number of fused-ring (bicyclic) bond motifs is 1. The van der Waals surface area contributed by atoms with E-state index in [9.17, 15) is 9.59 Å². The summed E-state index contributed by atoms with van der Waals surface area (Å²) in [6.45, 7) is 3.97. The number of para-hydroxylation sites is 1. The maximum Gasteiger partial charge on any atom is 0.230 e. The van der Waals surface area contributed by atoms with Gasteiger partial charge in [-0.3, -0.25) is 9.59 Å². The molecule has 1 aliphatic carbocycles. The van der Waals surface area contributed by atoms with Crippen LogP contribution in [0.2, 0.25) is 0 Å². The Hall–Kier alpha value is -1.95. The summed E-state index contributed by atoms with van der Waals surface area (Å²) in [4.78, 5) is 25.6. The second-order valence-electron chi connectivity index (χ2n) is 7.69. The van der Waals surface area contributed by atoms with Crippen LogP contribution in [-0.4, -0.2) is 34.2 Å². The van der Waals surface area contributed by atoms with Crippen LogP contribution in [0.15, 0.2) is 35.4 Å². The van der Waals surface area contributed by atoms with Crippen molar-refractivity contribution in [2.24, 2.45) is 13.0 Å². The van der Waals surface area contributed by atoms with Crippen LogP contribution in [0.4, 0.5) is 0 Å². The number of nitrogens with one attached hydrogen (secondary N) is 2. The molecule has 0 atom stereocenters. The van der Waals surface area contributed by atoms with Crippen LogP contribution in [-0.2, 0) is 16.6 Å². The van der Waals surface area contributed by atoms with Crippen molar-refractivity contribution in [3.05, 3.63) is 30.5 Å². The second kappa shape index (κ2) is 8.83. The fraction of sp³-hybridized carbons (Fsp3) is 0.524. The highest BCUT2D eigenvalue weighted by Crippen LogP contribution is 2.29. The van der Waals surface area contributed by atoms with E-state index in [2.05, 4.69) is 33.5 Å². The first kappa shape index (κ1) is 19.8. The monoisotopic (exact) mass is 387 g/mol. The van der Waals surface area contributed by atoms with Crippen molar-refractivity contribution < 1.29 is 9.59 Å². The number of carbonyl (C=O) groups is 2. The van der Waals surface area contributed by atoms with Gasteiger partial charge in [-0.2, -0.15) is 0 Å². The smallest absolute Gasteiger partial charge is 0.230 e. The topological polar surface area (TPSA) is 63.1 Å². The number of amides is 2. The number of carbonyl (C=O) groups excluding carboxylic acids is 2. The highest BCUT2D eigenvalue weighted by Gasteiger charge is 2.27. The summed E-state index contributed by atoms with van der Waals surface area (Å²) < 4.78 is 2.10. The van der Waals surface area contributed by atoms with E-state index in [0.717, 1.165) is 30.6 Å². The van der Waals surface area contributed by atoms with Crippen molar-refractivity contribution in [2.75, 3.05) is 5.75 Å². The molecule has 5 nitrogen and oxygen atoms in total. The Morgan fingerprint density at radius 3 is 2.59 bits per heavy atom. The molecule has 0 radical (unpaired) electrons. The quantitative estimate of drug-likeness (QED) is 0.746. The van der Waals surface area contributed by atoms with Gasteiger partial charge in [0, 0.05) is 47.0 Å². The normalized spacial score (nSPS) is 20.0. The lowest BCUT2D eigenvalue weighted by Gasteiger charge is -2.28. The molecule has 0 bridgehead atoms. The molecule has 6 heteroatoms. The van der Waals surface area contributed by atoms with E-state index in [1.165, 1.54) is 10.9 Å². The van der Waals surface area contributed by atoms with Gasteiger partial charge in [-0.05, 0) is 45.6 Å². The minimum Gasteiger partial charge on any atom is -0.354 e. The second-order valence-corrected chi connectivity index (χ2v) is 8.71. The fourth-order valence-corrected chi connectivity index (χ4v) is 4.67. The average Bonchev–Trinajstić information content (AvgIpc) is 2.96. The van der Waals surface area contributed by atoms with Gasteiger partial charge in [0.1, 0.15) is 0 Å². The summed E-state index contributed by atoms with van der Waals surface area (Å²) in [5.41, 5.74) is 1.18. The van der Waals surface area contributed by atoms with Crippen molar-refractivity contribution >= 4 is 34.5 Å². The molecule has 3 rings (SSSR count). The number of hydrogen-bond donors (Lipinski definition) is 2. The predicted molar refractivity (Wildman–Crippen MR) is 111 cm³/mol. The van der Waals surface area contributed by atoms with Crippen molar-refractivity contribution in [2.45, 2.75) is 56.5 Å². The molecule has 0 aliphatic heterocycles. The first-order chi connectivity index (χ1) is 12.9. The number of thioether (sulfide) groups is 1. The lowest BCUT2D eigenvalue weighted by atomic mass is 9.85. The van der Waals surface area contributed by atoms with Crippen molar-refractivity contribution in [3.63, 3.8) is 0 Å². The van der Waals surface area contributed by atoms with Crippen LogP contribution in [0.3, 0.4) is 0 Å². The molecule has 27 heavy (non-hydrogen) atoms. The number of nitrogens with zero attached hydrogens (tertiary/aromatic N) is 1. The Kier molecular flexibility index (Phi) is 6.47. The summed E-state index contributed by atoms with van der Waals surface area (Å²) in [5, 5.41) is 7.33. The largest absolute Gasteiger partial charge is 0.354 e. The summed E-state index contributed by atoms with van der Waals surface area (Å²) in [6, 6.07) is 8.61. The van der Waals surface area contributed by atoms with E-state index in [4.69, 9.17) is 0 Å². The molecule has 2 aromatic rings. The molecule has 2 N–H and O–H groups in total. The number of aromatic nitrogens is 1. The predicted octanol–water partition coefficient (Wildman–Crippen LogP) is 3.47. The minimum absolute atomic E-state index is 0.0722. The molecule has 0 saturated heterocycles. The Morgan fingerprint density at radius 1 is 1.19 bits per heavy atom. The zero-order chi connectivity index (χ0) is 19.4. The molecule has 0 spiro atoms. The molecule has 1 fully saturated rings. The van der Waals surface area contributed by atoms with Gasteiger partial charge >= 0.3 is 0 Å². The summed E-state index contributed by atoms with van der Waals surface area (Å²) >= 11 is 1.58. The third kappa shape index (κ3) is 5.06. The Bertz CT molecular complexity index is 807. The molecule has 1 aliphatic rings. The standard InChI is InChI=1S/C21H29N3O2S/c1-14(2)22-21(26)15-8-10-16(11-9-15)23-20(25)13-27-19-12-24(3)18-7-5-4-6-17(18)19/h4-7,12,14-16H,8-11,13H2,1-3H3,(H,22,26)(H,23,25). The van der Waals surface area contributed by atoms with Gasteiger partial charge < -0.3 is 15.2 Å². The van der Waals surface area contributed by atoms with Crippen LogP contribution < -0.4 is 10.6 Å². The lowest BCUT2D eigenvalue weighted by Crippen LogP contribution is -2.42. The molecule has 1 heterocycles. The molecule has 146 valence electrons. The van der Waals surface area contributed by atoms with Gasteiger partial charge in [-0.15, -0.1) is 11.8 Å². The van der Waals surface area contributed by atoms with E-state index < -0.39 is 0 Å². The first-order valence-electron chi connectivity index (χ1n) is 9.70. The summed E-state index contributed by atoms with van der Waals surface area (Å²) in [7, 11) is 2.03. The van der Waals surface area contributed by atoms with Crippen LogP contribution >= 0.6 is 11.8 Å². The number of benzene rings is 1. The molecular weight excluding hydrogens is 358 g/mol. The van der Waals surface area contributed by atoms with Crippen molar-refractivity contribution in [1.29, 1.82) is 0 Å². The lowest BCUT2D eigenvalue weighted by molar-refractivity contribution is -0.126. The Balaban J connectivity index is 1.46. The highest BCUT2D eigenvalue weighted by atomic mass is 32.2. The first-order valence-corrected chi connectivity index (χ1v) is 10.7. The molecule has 2 amide bonds. The maximum atomic E-state index is 12.4.